The molecular weight excluding hydrogens is 260 g/mol. The highest BCUT2D eigenvalue weighted by atomic mass is 127. The van der Waals surface area contributed by atoms with Crippen molar-refractivity contribution >= 4 is 34.4 Å². The maximum Gasteiger partial charge on any atom is 0.240 e. The van der Waals surface area contributed by atoms with Crippen molar-refractivity contribution in [2.75, 3.05) is 0 Å². The van der Waals surface area contributed by atoms with Gasteiger partial charge in [-0.25, -0.2) is 9.18 Å². The normalized spacial score (nSPS) is 8.91. The zero-order valence-corrected chi connectivity index (χ0v) is 7.50. The molecule has 0 saturated heterocycles. The molecule has 56 valence electrons. The number of nitrogens with zero attached hydrogens (tertiary/aromatic N) is 1. The number of hydrogen-bond donors (Lipinski definition) is 0. The molecule has 1 rings (SSSR count). The SMILES string of the molecule is O=C=Nc1ccc(F)cc1I. The Labute approximate surface area is 76.3 Å². The van der Waals surface area contributed by atoms with E-state index in [2.05, 4.69) is 4.99 Å². The van der Waals surface area contributed by atoms with Crippen molar-refractivity contribution in [3.8, 4) is 0 Å². The quantitative estimate of drug-likeness (QED) is 0.434. The molecule has 0 aliphatic heterocycles. The second-order valence-corrected chi connectivity index (χ2v) is 2.96. The number of isocyanates is 1. The Morgan fingerprint density at radius 3 is 2.82 bits per heavy atom. The van der Waals surface area contributed by atoms with Crippen molar-refractivity contribution in [1.82, 2.24) is 0 Å². The Bertz CT molecular complexity index is 320. The summed E-state index contributed by atoms with van der Waals surface area (Å²) in [7, 11) is 0. The number of benzene rings is 1. The van der Waals surface area contributed by atoms with Crippen LogP contribution >= 0.6 is 22.6 Å². The second-order valence-electron chi connectivity index (χ2n) is 1.80. The minimum absolute atomic E-state index is 0.334. The van der Waals surface area contributed by atoms with E-state index in [0.29, 0.717) is 9.26 Å². The molecule has 0 amide bonds. The summed E-state index contributed by atoms with van der Waals surface area (Å²) >= 11 is 1.90. The van der Waals surface area contributed by atoms with E-state index in [9.17, 15) is 9.18 Å². The van der Waals surface area contributed by atoms with E-state index < -0.39 is 0 Å². The summed E-state index contributed by atoms with van der Waals surface area (Å²) in [4.78, 5) is 13.2. The van der Waals surface area contributed by atoms with Crippen LogP contribution < -0.4 is 0 Å². The van der Waals surface area contributed by atoms with Gasteiger partial charge < -0.3 is 0 Å². The van der Waals surface area contributed by atoms with Crippen LogP contribution in [0.4, 0.5) is 10.1 Å². The molecule has 0 fully saturated rings. The van der Waals surface area contributed by atoms with Crippen LogP contribution in [-0.4, -0.2) is 6.08 Å². The van der Waals surface area contributed by atoms with Gasteiger partial charge in [-0.3, -0.25) is 0 Å². The molecule has 0 spiro atoms. The molecule has 0 heterocycles. The third-order valence-electron chi connectivity index (χ3n) is 1.08. The first-order valence-corrected chi connectivity index (χ1v) is 3.85. The van der Waals surface area contributed by atoms with Crippen LogP contribution in [0.3, 0.4) is 0 Å². The predicted octanol–water partition coefficient (Wildman–Crippen LogP) is 2.40. The first kappa shape index (κ1) is 8.36. The Kier molecular flexibility index (Phi) is 2.73. The van der Waals surface area contributed by atoms with Crippen molar-refractivity contribution < 1.29 is 9.18 Å². The number of hydrogen-bond acceptors (Lipinski definition) is 2. The van der Waals surface area contributed by atoms with E-state index in [1.807, 2.05) is 22.6 Å². The van der Waals surface area contributed by atoms with Gasteiger partial charge in [0, 0.05) is 3.57 Å². The fraction of sp³-hybridized carbons (Fsp3) is 0. The third-order valence-corrected chi connectivity index (χ3v) is 1.94. The zero-order valence-electron chi connectivity index (χ0n) is 5.34. The lowest BCUT2D eigenvalue weighted by Crippen LogP contribution is -1.76. The van der Waals surface area contributed by atoms with Gasteiger partial charge in [-0.05, 0) is 40.8 Å². The van der Waals surface area contributed by atoms with Gasteiger partial charge in [0.1, 0.15) is 5.82 Å². The minimum atomic E-state index is -0.334. The lowest BCUT2D eigenvalue weighted by Gasteiger charge is -1.93. The molecule has 11 heavy (non-hydrogen) atoms. The lowest BCUT2D eigenvalue weighted by atomic mass is 10.3. The van der Waals surface area contributed by atoms with Crippen molar-refractivity contribution in [2.24, 2.45) is 4.99 Å². The third kappa shape index (κ3) is 2.10. The Balaban J connectivity index is 3.19. The van der Waals surface area contributed by atoms with Gasteiger partial charge in [-0.2, -0.15) is 4.99 Å². The predicted molar refractivity (Wildman–Crippen MR) is 46.9 cm³/mol. The van der Waals surface area contributed by atoms with Crippen molar-refractivity contribution in [2.45, 2.75) is 0 Å². The monoisotopic (exact) mass is 263 g/mol. The molecule has 0 atom stereocenters. The van der Waals surface area contributed by atoms with Gasteiger partial charge >= 0.3 is 0 Å². The van der Waals surface area contributed by atoms with E-state index in [4.69, 9.17) is 0 Å². The number of rotatable bonds is 1. The molecule has 1 aromatic carbocycles. The van der Waals surface area contributed by atoms with Gasteiger partial charge in [0.05, 0.1) is 5.69 Å². The van der Waals surface area contributed by atoms with Crippen LogP contribution in [0.15, 0.2) is 23.2 Å². The molecule has 2 nitrogen and oxygen atoms in total. The first-order valence-electron chi connectivity index (χ1n) is 2.77. The van der Waals surface area contributed by atoms with E-state index in [1.54, 1.807) is 0 Å². The minimum Gasteiger partial charge on any atom is -0.211 e. The van der Waals surface area contributed by atoms with Crippen LogP contribution in [0.5, 0.6) is 0 Å². The maximum atomic E-state index is 12.4. The van der Waals surface area contributed by atoms with Crippen molar-refractivity contribution in [3.05, 3.63) is 27.6 Å². The fourth-order valence-corrected chi connectivity index (χ4v) is 1.22. The Morgan fingerprint density at radius 2 is 2.27 bits per heavy atom. The average molecular weight is 263 g/mol. The molecule has 0 bridgehead atoms. The first-order chi connectivity index (χ1) is 5.24. The summed E-state index contributed by atoms with van der Waals surface area (Å²) in [6.07, 6.45) is 1.39. The van der Waals surface area contributed by atoms with Gasteiger partial charge in [0.25, 0.3) is 0 Å². The summed E-state index contributed by atoms with van der Waals surface area (Å²) in [5.74, 6) is -0.334. The number of halogens is 2. The molecule has 0 N–H and O–H groups in total. The molecule has 0 unspecified atom stereocenters. The van der Waals surface area contributed by atoms with E-state index in [-0.39, 0.29) is 5.82 Å². The van der Waals surface area contributed by atoms with Crippen LogP contribution in [0, 0.1) is 9.39 Å². The fourth-order valence-electron chi connectivity index (χ4n) is 0.621. The molecule has 0 radical (unpaired) electrons. The van der Waals surface area contributed by atoms with Crippen LogP contribution in [0.25, 0.3) is 0 Å². The average Bonchev–Trinajstić information content (AvgIpc) is 1.95. The topological polar surface area (TPSA) is 29.4 Å². The highest BCUT2D eigenvalue weighted by Gasteiger charge is 1.98. The molecule has 0 aliphatic carbocycles. The maximum absolute atomic E-state index is 12.4. The molecule has 1 aromatic rings. The summed E-state index contributed by atoms with van der Waals surface area (Å²) < 4.78 is 13.0. The summed E-state index contributed by atoms with van der Waals surface area (Å²) in [5, 5.41) is 0. The highest BCUT2D eigenvalue weighted by molar-refractivity contribution is 14.1. The molecule has 4 heteroatoms. The van der Waals surface area contributed by atoms with Gasteiger partial charge in [0.15, 0.2) is 0 Å². The summed E-state index contributed by atoms with van der Waals surface area (Å²) in [6.45, 7) is 0. The lowest BCUT2D eigenvalue weighted by molar-refractivity contribution is 0.565. The Morgan fingerprint density at radius 1 is 1.55 bits per heavy atom. The van der Waals surface area contributed by atoms with Gasteiger partial charge in [0.2, 0.25) is 6.08 Å². The standard InChI is InChI=1S/C7H3FINO/c8-5-1-2-7(10-4-11)6(9)3-5/h1-3H. The van der Waals surface area contributed by atoms with E-state index in [1.165, 1.54) is 24.3 Å². The molecule has 0 saturated carbocycles. The Hall–Kier alpha value is -0.740. The molecule has 0 aliphatic rings. The smallest absolute Gasteiger partial charge is 0.211 e. The van der Waals surface area contributed by atoms with Crippen LogP contribution in [0.2, 0.25) is 0 Å². The number of aliphatic imine (C=N–C) groups is 1. The van der Waals surface area contributed by atoms with Crippen LogP contribution in [0.1, 0.15) is 0 Å². The van der Waals surface area contributed by atoms with E-state index >= 15 is 0 Å². The highest BCUT2D eigenvalue weighted by Crippen LogP contribution is 2.20. The molecule has 0 aromatic heterocycles. The van der Waals surface area contributed by atoms with Gasteiger partial charge in [-0.1, -0.05) is 0 Å². The van der Waals surface area contributed by atoms with Crippen LogP contribution in [-0.2, 0) is 4.79 Å². The second kappa shape index (κ2) is 3.59. The van der Waals surface area contributed by atoms with Crippen molar-refractivity contribution in [3.63, 3.8) is 0 Å². The van der Waals surface area contributed by atoms with Gasteiger partial charge in [-0.15, -0.1) is 0 Å². The summed E-state index contributed by atoms with van der Waals surface area (Å²) in [6, 6.07) is 3.98. The molecular formula is C7H3FINO. The van der Waals surface area contributed by atoms with Crippen molar-refractivity contribution in [1.29, 1.82) is 0 Å². The number of carbonyl (C=O) groups excluding carboxylic acids is 1. The zero-order chi connectivity index (χ0) is 8.27. The van der Waals surface area contributed by atoms with E-state index in [0.717, 1.165) is 0 Å². The largest absolute Gasteiger partial charge is 0.240 e. The summed E-state index contributed by atoms with van der Waals surface area (Å²) in [5.41, 5.74) is 0.446.